The van der Waals surface area contributed by atoms with Crippen LogP contribution in [0.1, 0.15) is 6.42 Å². The first-order valence-corrected chi connectivity index (χ1v) is 6.86. The molecule has 0 bridgehead atoms. The molecular weight excluding hydrogens is 266 g/mol. The van der Waals surface area contributed by atoms with Crippen LogP contribution in [0.3, 0.4) is 0 Å². The molecule has 2 N–H and O–H groups in total. The number of hydrogen-bond acceptors (Lipinski definition) is 6. The zero-order valence-electron chi connectivity index (χ0n) is 10.4. The van der Waals surface area contributed by atoms with Gasteiger partial charge in [0.05, 0.1) is 0 Å². The molecule has 0 radical (unpaired) electrons. The molecule has 0 aliphatic carbocycles. The molecule has 1 aliphatic heterocycles. The molecule has 9 heteroatoms. The van der Waals surface area contributed by atoms with Crippen molar-refractivity contribution in [3.05, 3.63) is 16.5 Å². The molecule has 19 heavy (non-hydrogen) atoms. The topological polar surface area (TPSA) is 121 Å². The minimum atomic E-state index is -0.0386. The molecule has 1 unspecified atom stereocenters. The Labute approximate surface area is 114 Å². The van der Waals surface area contributed by atoms with Crippen molar-refractivity contribution in [2.24, 2.45) is 11.0 Å². The van der Waals surface area contributed by atoms with Crippen molar-refractivity contribution in [3.8, 4) is 0 Å². The predicted molar refractivity (Wildman–Crippen MR) is 72.7 cm³/mol. The van der Waals surface area contributed by atoms with Crippen LogP contribution in [-0.2, 0) is 4.79 Å². The number of azide groups is 1. The second kappa shape index (κ2) is 5.77. The van der Waals surface area contributed by atoms with Gasteiger partial charge in [-0.25, -0.2) is 9.97 Å². The van der Waals surface area contributed by atoms with E-state index >= 15 is 0 Å². The molecule has 1 atom stereocenters. The zero-order chi connectivity index (χ0) is 13.8. The highest BCUT2D eigenvalue weighted by atomic mass is 32.2. The van der Waals surface area contributed by atoms with Gasteiger partial charge in [-0.15, -0.1) is 0 Å². The molecule has 1 fully saturated rings. The standard InChI is InChI=1S/C10H13N7OS/c1-19-10-14-7(11)3-8(15-10)17-5-6(2-9(17)18)4-13-16-12/h3,6H,2,4-5H2,1H3,(H2,11,14,15). The maximum Gasteiger partial charge on any atom is 0.228 e. The molecule has 0 spiro atoms. The van der Waals surface area contributed by atoms with Crippen LogP contribution >= 0.6 is 11.8 Å². The summed E-state index contributed by atoms with van der Waals surface area (Å²) in [5, 5.41) is 4.04. The molecule has 2 heterocycles. The highest BCUT2D eigenvalue weighted by Crippen LogP contribution is 2.26. The van der Waals surface area contributed by atoms with Crippen molar-refractivity contribution in [2.75, 3.05) is 30.0 Å². The normalized spacial score (nSPS) is 18.5. The van der Waals surface area contributed by atoms with E-state index in [1.165, 1.54) is 11.8 Å². The number of aromatic nitrogens is 2. The van der Waals surface area contributed by atoms with Gasteiger partial charge in [-0.2, -0.15) is 0 Å². The Morgan fingerprint density at radius 2 is 2.47 bits per heavy atom. The van der Waals surface area contributed by atoms with E-state index in [4.69, 9.17) is 11.3 Å². The molecule has 1 aromatic rings. The second-order valence-electron chi connectivity index (χ2n) is 4.13. The molecule has 2 rings (SSSR count). The summed E-state index contributed by atoms with van der Waals surface area (Å²) >= 11 is 1.37. The Bertz CT molecular complexity index is 543. The first kappa shape index (κ1) is 13.4. The van der Waals surface area contributed by atoms with E-state index in [1.54, 1.807) is 11.0 Å². The summed E-state index contributed by atoms with van der Waals surface area (Å²) in [5.41, 5.74) is 14.0. The van der Waals surface area contributed by atoms with Gasteiger partial charge in [0, 0.05) is 30.5 Å². The third kappa shape index (κ3) is 3.07. The maximum atomic E-state index is 11.9. The van der Waals surface area contributed by atoms with E-state index in [9.17, 15) is 4.79 Å². The van der Waals surface area contributed by atoms with Crippen LogP contribution in [-0.4, -0.2) is 35.2 Å². The minimum Gasteiger partial charge on any atom is -0.383 e. The van der Waals surface area contributed by atoms with Gasteiger partial charge in [-0.05, 0) is 17.7 Å². The van der Waals surface area contributed by atoms with Crippen LogP contribution in [0.5, 0.6) is 0 Å². The summed E-state index contributed by atoms with van der Waals surface area (Å²) < 4.78 is 0. The smallest absolute Gasteiger partial charge is 0.228 e. The lowest BCUT2D eigenvalue weighted by Gasteiger charge is -2.16. The summed E-state index contributed by atoms with van der Waals surface area (Å²) in [5.74, 6) is 0.826. The molecule has 1 amide bonds. The summed E-state index contributed by atoms with van der Waals surface area (Å²) in [6, 6.07) is 1.58. The van der Waals surface area contributed by atoms with Crippen LogP contribution in [0, 0.1) is 5.92 Å². The van der Waals surface area contributed by atoms with E-state index in [2.05, 4.69) is 20.0 Å². The lowest BCUT2D eigenvalue weighted by atomic mass is 10.1. The average molecular weight is 279 g/mol. The van der Waals surface area contributed by atoms with Gasteiger partial charge >= 0.3 is 0 Å². The number of nitrogens with zero attached hydrogens (tertiary/aromatic N) is 6. The Morgan fingerprint density at radius 1 is 1.68 bits per heavy atom. The van der Waals surface area contributed by atoms with Gasteiger partial charge in [0.1, 0.15) is 11.6 Å². The van der Waals surface area contributed by atoms with Crippen molar-refractivity contribution in [3.63, 3.8) is 0 Å². The number of thioether (sulfide) groups is 1. The number of hydrogen-bond donors (Lipinski definition) is 1. The monoisotopic (exact) mass is 279 g/mol. The van der Waals surface area contributed by atoms with E-state index in [-0.39, 0.29) is 11.8 Å². The first-order chi connectivity index (χ1) is 9.13. The van der Waals surface area contributed by atoms with Gasteiger partial charge in [-0.3, -0.25) is 9.69 Å². The fraction of sp³-hybridized carbons (Fsp3) is 0.500. The molecule has 1 aliphatic rings. The van der Waals surface area contributed by atoms with Crippen molar-refractivity contribution in [1.29, 1.82) is 0 Å². The summed E-state index contributed by atoms with van der Waals surface area (Å²) in [7, 11) is 0. The largest absolute Gasteiger partial charge is 0.383 e. The molecule has 0 aromatic carbocycles. The Hall–Kier alpha value is -1.99. The molecule has 1 saturated heterocycles. The fourth-order valence-electron chi connectivity index (χ4n) is 1.94. The summed E-state index contributed by atoms with van der Waals surface area (Å²) in [6.45, 7) is 0.802. The second-order valence-corrected chi connectivity index (χ2v) is 4.90. The number of nitrogen functional groups attached to an aromatic ring is 1. The van der Waals surface area contributed by atoms with Gasteiger partial charge in [0.15, 0.2) is 5.16 Å². The number of anilines is 2. The third-order valence-corrected chi connectivity index (χ3v) is 3.33. The number of nitrogens with two attached hydrogens (primary N) is 1. The van der Waals surface area contributed by atoms with Crippen molar-refractivity contribution in [2.45, 2.75) is 11.6 Å². The Kier molecular flexibility index (Phi) is 4.08. The molecular formula is C10H13N7OS. The highest BCUT2D eigenvalue weighted by Gasteiger charge is 2.31. The number of carbonyl (C=O) groups excluding carboxylic acids is 1. The minimum absolute atomic E-state index is 0.0253. The van der Waals surface area contributed by atoms with E-state index < -0.39 is 0 Å². The van der Waals surface area contributed by atoms with Crippen molar-refractivity contribution in [1.82, 2.24) is 9.97 Å². The zero-order valence-corrected chi connectivity index (χ0v) is 11.2. The van der Waals surface area contributed by atoms with Crippen LogP contribution < -0.4 is 10.6 Å². The molecule has 100 valence electrons. The Balaban J connectivity index is 2.20. The van der Waals surface area contributed by atoms with E-state index in [1.807, 2.05) is 6.26 Å². The van der Waals surface area contributed by atoms with Gasteiger partial charge in [-0.1, -0.05) is 16.9 Å². The van der Waals surface area contributed by atoms with E-state index in [0.717, 1.165) is 0 Å². The molecule has 8 nitrogen and oxygen atoms in total. The average Bonchev–Trinajstić information content (AvgIpc) is 2.76. The van der Waals surface area contributed by atoms with Crippen LogP contribution in [0.2, 0.25) is 0 Å². The maximum absolute atomic E-state index is 11.9. The highest BCUT2D eigenvalue weighted by molar-refractivity contribution is 7.98. The molecule has 0 saturated carbocycles. The van der Waals surface area contributed by atoms with Crippen LogP contribution in [0.15, 0.2) is 16.3 Å². The van der Waals surface area contributed by atoms with Crippen molar-refractivity contribution < 1.29 is 4.79 Å². The first-order valence-electron chi connectivity index (χ1n) is 5.63. The third-order valence-electron chi connectivity index (χ3n) is 2.78. The fourth-order valence-corrected chi connectivity index (χ4v) is 2.32. The summed E-state index contributed by atoms with van der Waals surface area (Å²) in [4.78, 5) is 24.5. The van der Waals surface area contributed by atoms with Gasteiger partial charge in [0.25, 0.3) is 0 Å². The van der Waals surface area contributed by atoms with Gasteiger partial charge in [0.2, 0.25) is 5.91 Å². The number of amides is 1. The summed E-state index contributed by atoms with van der Waals surface area (Å²) in [6.07, 6.45) is 2.20. The lowest BCUT2D eigenvalue weighted by Crippen LogP contribution is -2.26. The lowest BCUT2D eigenvalue weighted by molar-refractivity contribution is -0.117. The number of carbonyl (C=O) groups is 1. The molecule has 1 aromatic heterocycles. The van der Waals surface area contributed by atoms with Crippen molar-refractivity contribution >= 4 is 29.3 Å². The quantitative estimate of drug-likeness (QED) is 0.294. The predicted octanol–water partition coefficient (Wildman–Crippen LogP) is 1.44. The SMILES string of the molecule is CSc1nc(N)cc(N2CC(CN=[N+]=[N-])CC2=O)n1. The van der Waals surface area contributed by atoms with E-state index in [0.29, 0.717) is 36.3 Å². The Morgan fingerprint density at radius 3 is 3.16 bits per heavy atom. The van der Waals surface area contributed by atoms with Gasteiger partial charge < -0.3 is 5.73 Å². The van der Waals surface area contributed by atoms with Crippen LogP contribution in [0.4, 0.5) is 11.6 Å². The number of rotatable bonds is 4. The van der Waals surface area contributed by atoms with Crippen LogP contribution in [0.25, 0.3) is 10.4 Å².